The molecule has 3 rings (SSSR count). The van der Waals surface area contributed by atoms with Gasteiger partial charge in [0.2, 0.25) is 15.0 Å². The highest BCUT2D eigenvalue weighted by Crippen LogP contribution is 2.21. The highest BCUT2D eigenvalue weighted by molar-refractivity contribution is 7.90. The SMILES string of the molecule is COCCN(Cc1cnc(S(=O)(=O)Cc2ccc(F)cc2)n1Cc1ccccc1)C(=S)NC(C)C. The lowest BCUT2D eigenvalue weighted by Crippen LogP contribution is -2.44. The molecule has 0 bridgehead atoms. The standard InChI is InChI=1S/C25H31FN4O3S2/c1-19(2)28-24(34)29(13-14-33-3)17-23-15-27-25(30(23)16-20-7-5-4-6-8-20)35(31,32)18-21-9-11-22(26)12-10-21/h4-12,15,19H,13-14,16-18H2,1-3H3,(H,28,34). The molecule has 1 heterocycles. The van der Waals surface area contributed by atoms with Crippen LogP contribution in [0.1, 0.15) is 30.7 Å². The van der Waals surface area contributed by atoms with E-state index < -0.39 is 15.7 Å². The van der Waals surface area contributed by atoms with Crippen molar-refractivity contribution in [3.63, 3.8) is 0 Å². The summed E-state index contributed by atoms with van der Waals surface area (Å²) in [5, 5.41) is 3.76. The van der Waals surface area contributed by atoms with Gasteiger partial charge in [-0.3, -0.25) is 0 Å². The molecule has 1 aromatic heterocycles. The summed E-state index contributed by atoms with van der Waals surface area (Å²) < 4.78 is 47.1. The summed E-state index contributed by atoms with van der Waals surface area (Å²) in [5.41, 5.74) is 2.14. The summed E-state index contributed by atoms with van der Waals surface area (Å²) >= 11 is 5.60. The molecule has 0 aliphatic heterocycles. The Morgan fingerprint density at radius 3 is 2.46 bits per heavy atom. The predicted molar refractivity (Wildman–Crippen MR) is 138 cm³/mol. The Bertz CT molecular complexity index is 1210. The number of halogens is 1. The van der Waals surface area contributed by atoms with E-state index >= 15 is 0 Å². The van der Waals surface area contributed by atoms with Crippen molar-refractivity contribution in [3.05, 3.63) is 83.4 Å². The second kappa shape index (κ2) is 12.2. The van der Waals surface area contributed by atoms with Crippen molar-refractivity contribution in [1.82, 2.24) is 19.8 Å². The van der Waals surface area contributed by atoms with Gasteiger partial charge in [-0.05, 0) is 49.3 Å². The number of sulfone groups is 1. The molecule has 188 valence electrons. The van der Waals surface area contributed by atoms with Gasteiger partial charge in [-0.1, -0.05) is 42.5 Å². The van der Waals surface area contributed by atoms with Crippen LogP contribution >= 0.6 is 12.2 Å². The number of hydrogen-bond donors (Lipinski definition) is 1. The van der Waals surface area contributed by atoms with Crippen LogP contribution in [0.4, 0.5) is 4.39 Å². The number of nitrogens with one attached hydrogen (secondary N) is 1. The zero-order chi connectivity index (χ0) is 25.4. The molecule has 0 aliphatic carbocycles. The number of hydrogen-bond acceptors (Lipinski definition) is 5. The van der Waals surface area contributed by atoms with Crippen molar-refractivity contribution in [2.45, 2.75) is 43.9 Å². The third-order valence-electron chi connectivity index (χ3n) is 5.25. The van der Waals surface area contributed by atoms with E-state index in [0.717, 1.165) is 5.56 Å². The minimum absolute atomic E-state index is 0.0323. The first-order chi connectivity index (χ1) is 16.7. The number of rotatable bonds is 11. The zero-order valence-corrected chi connectivity index (χ0v) is 21.8. The maximum atomic E-state index is 13.4. The fourth-order valence-corrected chi connectivity index (χ4v) is 5.44. The van der Waals surface area contributed by atoms with Crippen LogP contribution in [0, 0.1) is 5.82 Å². The van der Waals surface area contributed by atoms with Crippen molar-refractivity contribution in [2.24, 2.45) is 0 Å². The molecule has 0 fully saturated rings. The topological polar surface area (TPSA) is 76.5 Å². The van der Waals surface area contributed by atoms with Crippen molar-refractivity contribution >= 4 is 27.2 Å². The van der Waals surface area contributed by atoms with Crippen LogP contribution in [-0.2, 0) is 33.4 Å². The normalized spacial score (nSPS) is 11.6. The number of ether oxygens (including phenoxy) is 1. The van der Waals surface area contributed by atoms with Crippen molar-refractivity contribution < 1.29 is 17.5 Å². The maximum Gasteiger partial charge on any atom is 0.228 e. The second-order valence-electron chi connectivity index (χ2n) is 8.51. The largest absolute Gasteiger partial charge is 0.383 e. The average Bonchev–Trinajstić information content (AvgIpc) is 3.21. The average molecular weight is 519 g/mol. The van der Waals surface area contributed by atoms with Gasteiger partial charge in [0.25, 0.3) is 0 Å². The summed E-state index contributed by atoms with van der Waals surface area (Å²) in [6.07, 6.45) is 1.58. The van der Waals surface area contributed by atoms with E-state index in [2.05, 4.69) is 10.3 Å². The van der Waals surface area contributed by atoms with Crippen LogP contribution in [0.2, 0.25) is 0 Å². The monoisotopic (exact) mass is 518 g/mol. The summed E-state index contributed by atoms with van der Waals surface area (Å²) in [6.45, 7) is 5.68. The Morgan fingerprint density at radius 1 is 1.14 bits per heavy atom. The Balaban J connectivity index is 1.97. The van der Waals surface area contributed by atoms with Gasteiger partial charge in [0.15, 0.2) is 5.11 Å². The van der Waals surface area contributed by atoms with Gasteiger partial charge >= 0.3 is 0 Å². The number of imidazole rings is 1. The number of nitrogens with zero attached hydrogens (tertiary/aromatic N) is 3. The predicted octanol–water partition coefficient (Wildman–Crippen LogP) is 3.78. The van der Waals surface area contributed by atoms with Gasteiger partial charge in [-0.2, -0.15) is 0 Å². The van der Waals surface area contributed by atoms with Gasteiger partial charge in [0, 0.05) is 19.7 Å². The van der Waals surface area contributed by atoms with Crippen LogP contribution in [-0.4, -0.2) is 54.3 Å². The molecule has 0 saturated carbocycles. The summed E-state index contributed by atoms with van der Waals surface area (Å²) in [5.74, 6) is -0.694. The first-order valence-electron chi connectivity index (χ1n) is 11.3. The zero-order valence-electron chi connectivity index (χ0n) is 20.1. The molecule has 35 heavy (non-hydrogen) atoms. The van der Waals surface area contributed by atoms with E-state index in [9.17, 15) is 12.8 Å². The van der Waals surface area contributed by atoms with Gasteiger partial charge in [-0.25, -0.2) is 17.8 Å². The molecule has 0 radical (unpaired) electrons. The van der Waals surface area contributed by atoms with E-state index in [4.69, 9.17) is 17.0 Å². The molecule has 0 unspecified atom stereocenters. The van der Waals surface area contributed by atoms with E-state index in [1.54, 1.807) is 17.9 Å². The summed E-state index contributed by atoms with van der Waals surface area (Å²) in [7, 11) is -2.19. The van der Waals surface area contributed by atoms with Crippen molar-refractivity contribution in [3.8, 4) is 0 Å². The van der Waals surface area contributed by atoms with E-state index in [0.29, 0.717) is 42.6 Å². The van der Waals surface area contributed by atoms with Crippen LogP contribution in [0.3, 0.4) is 0 Å². The van der Waals surface area contributed by atoms with Gasteiger partial charge in [0.1, 0.15) is 5.82 Å². The fourth-order valence-electron chi connectivity index (χ4n) is 3.55. The van der Waals surface area contributed by atoms with Crippen molar-refractivity contribution in [1.29, 1.82) is 0 Å². The molecule has 0 spiro atoms. The molecular weight excluding hydrogens is 487 g/mol. The Hall–Kier alpha value is -2.82. The van der Waals surface area contributed by atoms with Crippen LogP contribution < -0.4 is 5.32 Å². The molecule has 0 atom stereocenters. The van der Waals surface area contributed by atoms with Crippen LogP contribution in [0.25, 0.3) is 0 Å². The van der Waals surface area contributed by atoms with Crippen molar-refractivity contribution in [2.75, 3.05) is 20.3 Å². The van der Waals surface area contributed by atoms with E-state index in [1.807, 2.05) is 49.1 Å². The molecule has 1 N–H and O–H groups in total. The minimum Gasteiger partial charge on any atom is -0.383 e. The Kier molecular flexibility index (Phi) is 9.36. The first-order valence-corrected chi connectivity index (χ1v) is 13.4. The molecule has 0 saturated heterocycles. The molecule has 10 heteroatoms. The quantitative estimate of drug-likeness (QED) is 0.387. The van der Waals surface area contributed by atoms with E-state index in [-0.39, 0.29) is 17.0 Å². The third kappa shape index (κ3) is 7.58. The highest BCUT2D eigenvalue weighted by Gasteiger charge is 2.25. The van der Waals surface area contributed by atoms with Crippen LogP contribution in [0.5, 0.6) is 0 Å². The molecule has 7 nitrogen and oxygen atoms in total. The first kappa shape index (κ1) is 26.8. The van der Waals surface area contributed by atoms with E-state index in [1.165, 1.54) is 24.3 Å². The number of thiocarbonyl (C=S) groups is 1. The highest BCUT2D eigenvalue weighted by atomic mass is 32.2. The summed E-state index contributed by atoms with van der Waals surface area (Å²) in [6, 6.07) is 15.2. The van der Waals surface area contributed by atoms with Crippen LogP contribution in [0.15, 0.2) is 66.0 Å². The number of aromatic nitrogens is 2. The Morgan fingerprint density at radius 2 is 1.83 bits per heavy atom. The molecule has 3 aromatic rings. The number of benzene rings is 2. The second-order valence-corrected chi connectivity index (χ2v) is 10.8. The number of methoxy groups -OCH3 is 1. The minimum atomic E-state index is -3.81. The lowest BCUT2D eigenvalue weighted by atomic mass is 10.2. The lowest BCUT2D eigenvalue weighted by molar-refractivity contribution is 0.172. The van der Waals surface area contributed by atoms with Gasteiger partial charge < -0.3 is 19.5 Å². The molecule has 2 aromatic carbocycles. The van der Waals surface area contributed by atoms with Gasteiger partial charge in [0.05, 0.1) is 37.3 Å². The third-order valence-corrected chi connectivity index (χ3v) is 7.22. The molecule has 0 aliphatic rings. The molecule has 0 amide bonds. The lowest BCUT2D eigenvalue weighted by Gasteiger charge is -2.27. The smallest absolute Gasteiger partial charge is 0.228 e. The Labute approximate surface area is 211 Å². The summed E-state index contributed by atoms with van der Waals surface area (Å²) in [4.78, 5) is 6.27. The fraction of sp³-hybridized carbons (Fsp3) is 0.360. The maximum absolute atomic E-state index is 13.4. The van der Waals surface area contributed by atoms with Gasteiger partial charge in [-0.15, -0.1) is 0 Å². The molecular formula is C25H31FN4O3S2.